The minimum atomic E-state index is -3.33. The van der Waals surface area contributed by atoms with Crippen LogP contribution in [0.3, 0.4) is 0 Å². The molecule has 6 heteroatoms. The van der Waals surface area contributed by atoms with E-state index in [1.54, 1.807) is 0 Å². The Bertz CT molecular complexity index is 174. The van der Waals surface area contributed by atoms with Crippen LogP contribution in [-0.4, -0.2) is 25.8 Å². The Labute approximate surface area is 60.6 Å². The fourth-order valence-corrected chi connectivity index (χ4v) is 1.31. The van der Waals surface area contributed by atoms with Crippen molar-refractivity contribution in [2.45, 2.75) is 6.42 Å². The van der Waals surface area contributed by atoms with Crippen LogP contribution in [-0.2, 0) is 10.2 Å². The summed E-state index contributed by atoms with van der Waals surface area (Å²) < 4.78 is 21.9. The SMILES string of the molecule is Cl.NS(=O)(=O)N1CCC1. The van der Waals surface area contributed by atoms with E-state index < -0.39 is 10.2 Å². The molecular formula is C3H9ClN2O2S. The molecule has 1 aliphatic heterocycles. The topological polar surface area (TPSA) is 63.4 Å². The lowest BCUT2D eigenvalue weighted by atomic mass is 10.3. The molecule has 0 amide bonds. The Morgan fingerprint density at radius 1 is 1.33 bits per heavy atom. The molecule has 0 atom stereocenters. The predicted molar refractivity (Wildman–Crippen MR) is 36.5 cm³/mol. The zero-order valence-corrected chi connectivity index (χ0v) is 6.41. The fourth-order valence-electron chi connectivity index (χ4n) is 0.542. The highest BCUT2D eigenvalue weighted by molar-refractivity contribution is 7.86. The van der Waals surface area contributed by atoms with Crippen molar-refractivity contribution in [2.24, 2.45) is 5.14 Å². The summed E-state index contributed by atoms with van der Waals surface area (Å²) in [5.41, 5.74) is 0. The average molecular weight is 173 g/mol. The van der Waals surface area contributed by atoms with Gasteiger partial charge in [-0.1, -0.05) is 0 Å². The number of hydrogen-bond donors (Lipinski definition) is 1. The Kier molecular flexibility index (Phi) is 2.88. The van der Waals surface area contributed by atoms with E-state index in [0.29, 0.717) is 13.1 Å². The van der Waals surface area contributed by atoms with Gasteiger partial charge >= 0.3 is 0 Å². The largest absolute Gasteiger partial charge is 0.276 e. The van der Waals surface area contributed by atoms with Crippen molar-refractivity contribution in [3.8, 4) is 0 Å². The number of hydrogen-bond acceptors (Lipinski definition) is 2. The molecule has 1 aliphatic rings. The molecule has 0 aromatic heterocycles. The average Bonchev–Trinajstić information content (AvgIpc) is 1.16. The molecule has 9 heavy (non-hydrogen) atoms. The summed E-state index contributed by atoms with van der Waals surface area (Å²) in [5.74, 6) is 0. The molecule has 1 heterocycles. The lowest BCUT2D eigenvalue weighted by Crippen LogP contribution is -2.45. The van der Waals surface area contributed by atoms with Gasteiger partial charge in [0.25, 0.3) is 10.2 Å². The van der Waals surface area contributed by atoms with Gasteiger partial charge in [-0.15, -0.1) is 12.4 Å². The molecule has 0 spiro atoms. The molecule has 0 aliphatic carbocycles. The number of rotatable bonds is 1. The first-order valence-corrected chi connectivity index (χ1v) is 3.89. The van der Waals surface area contributed by atoms with Gasteiger partial charge < -0.3 is 0 Å². The van der Waals surface area contributed by atoms with Crippen LogP contribution < -0.4 is 5.14 Å². The van der Waals surface area contributed by atoms with E-state index >= 15 is 0 Å². The lowest BCUT2D eigenvalue weighted by molar-refractivity contribution is 0.310. The van der Waals surface area contributed by atoms with Crippen molar-refractivity contribution in [2.75, 3.05) is 13.1 Å². The van der Waals surface area contributed by atoms with Crippen molar-refractivity contribution >= 4 is 22.6 Å². The van der Waals surface area contributed by atoms with Gasteiger partial charge in [0.05, 0.1) is 0 Å². The normalized spacial score (nSPS) is 20.1. The highest BCUT2D eigenvalue weighted by atomic mass is 35.5. The minimum absolute atomic E-state index is 0. The monoisotopic (exact) mass is 172 g/mol. The third-order valence-electron chi connectivity index (χ3n) is 1.17. The lowest BCUT2D eigenvalue weighted by Gasteiger charge is -2.26. The Hall–Kier alpha value is 0.160. The van der Waals surface area contributed by atoms with E-state index in [0.717, 1.165) is 6.42 Å². The third kappa shape index (κ3) is 2.09. The van der Waals surface area contributed by atoms with Gasteiger partial charge in [0.1, 0.15) is 0 Å². The van der Waals surface area contributed by atoms with Gasteiger partial charge in [-0.05, 0) is 6.42 Å². The summed E-state index contributed by atoms with van der Waals surface area (Å²) in [7, 11) is -3.33. The molecule has 1 fully saturated rings. The van der Waals surface area contributed by atoms with Crippen LogP contribution in [0.25, 0.3) is 0 Å². The maximum atomic E-state index is 10.3. The zero-order chi connectivity index (χ0) is 6.20. The first-order chi connectivity index (χ1) is 3.61. The van der Waals surface area contributed by atoms with E-state index in [1.165, 1.54) is 4.31 Å². The van der Waals surface area contributed by atoms with Crippen molar-refractivity contribution in [3.05, 3.63) is 0 Å². The number of nitrogens with zero attached hydrogens (tertiary/aromatic N) is 1. The second-order valence-corrected chi connectivity index (χ2v) is 3.34. The Morgan fingerprint density at radius 2 is 1.78 bits per heavy atom. The van der Waals surface area contributed by atoms with E-state index in [2.05, 4.69) is 0 Å². The van der Waals surface area contributed by atoms with E-state index in [9.17, 15) is 8.42 Å². The summed E-state index contributed by atoms with van der Waals surface area (Å²) >= 11 is 0. The van der Waals surface area contributed by atoms with Crippen LogP contribution in [0.15, 0.2) is 0 Å². The van der Waals surface area contributed by atoms with Crippen LogP contribution in [0.1, 0.15) is 6.42 Å². The molecule has 1 rings (SSSR count). The van der Waals surface area contributed by atoms with Crippen LogP contribution >= 0.6 is 12.4 Å². The van der Waals surface area contributed by atoms with Gasteiger partial charge in [-0.3, -0.25) is 0 Å². The Morgan fingerprint density at radius 3 is 1.78 bits per heavy atom. The van der Waals surface area contributed by atoms with Crippen LogP contribution in [0.4, 0.5) is 0 Å². The maximum Gasteiger partial charge on any atom is 0.276 e. The molecule has 0 radical (unpaired) electrons. The smallest absolute Gasteiger partial charge is 0.216 e. The predicted octanol–water partition coefficient (Wildman–Crippen LogP) is -0.683. The van der Waals surface area contributed by atoms with Gasteiger partial charge in [-0.2, -0.15) is 12.7 Å². The molecule has 1 saturated heterocycles. The van der Waals surface area contributed by atoms with Crippen molar-refractivity contribution in [3.63, 3.8) is 0 Å². The molecule has 0 bridgehead atoms. The standard InChI is InChI=1S/C3H8N2O2S.ClH/c4-8(6,7)5-2-1-3-5;/h1-3H2,(H2,4,6,7);1H. The third-order valence-corrected chi connectivity index (χ3v) is 2.26. The zero-order valence-electron chi connectivity index (χ0n) is 4.78. The van der Waals surface area contributed by atoms with E-state index in [1.807, 2.05) is 0 Å². The summed E-state index contributed by atoms with van der Waals surface area (Å²) in [6, 6.07) is 0. The summed E-state index contributed by atoms with van der Waals surface area (Å²) in [6.45, 7) is 1.19. The fraction of sp³-hybridized carbons (Fsp3) is 1.00. The molecule has 0 aromatic carbocycles. The minimum Gasteiger partial charge on any atom is -0.216 e. The number of halogens is 1. The van der Waals surface area contributed by atoms with Gasteiger partial charge in [-0.25, -0.2) is 5.14 Å². The van der Waals surface area contributed by atoms with Crippen molar-refractivity contribution in [1.82, 2.24) is 4.31 Å². The van der Waals surface area contributed by atoms with Crippen LogP contribution in [0.5, 0.6) is 0 Å². The first kappa shape index (κ1) is 9.16. The van der Waals surface area contributed by atoms with Gasteiger partial charge in [0.15, 0.2) is 0 Å². The molecule has 0 aromatic rings. The van der Waals surface area contributed by atoms with Crippen LogP contribution in [0.2, 0.25) is 0 Å². The maximum absolute atomic E-state index is 10.3. The second-order valence-electron chi connectivity index (χ2n) is 1.80. The van der Waals surface area contributed by atoms with Crippen molar-refractivity contribution < 1.29 is 8.42 Å². The van der Waals surface area contributed by atoms with Gasteiger partial charge in [0.2, 0.25) is 0 Å². The van der Waals surface area contributed by atoms with Crippen molar-refractivity contribution in [1.29, 1.82) is 0 Å². The summed E-state index contributed by atoms with van der Waals surface area (Å²) in [5, 5.41) is 4.74. The molecule has 56 valence electrons. The molecule has 0 saturated carbocycles. The van der Waals surface area contributed by atoms with E-state index in [4.69, 9.17) is 5.14 Å². The Balaban J connectivity index is 0.000000640. The summed E-state index contributed by atoms with van der Waals surface area (Å²) in [6.07, 6.45) is 0.941. The molecular weight excluding hydrogens is 164 g/mol. The molecule has 2 N–H and O–H groups in total. The van der Waals surface area contributed by atoms with E-state index in [-0.39, 0.29) is 12.4 Å². The highest BCUT2D eigenvalue weighted by Crippen LogP contribution is 2.07. The molecule has 4 nitrogen and oxygen atoms in total. The first-order valence-electron chi connectivity index (χ1n) is 2.38. The second kappa shape index (κ2) is 2.83. The molecule has 0 unspecified atom stereocenters. The summed E-state index contributed by atoms with van der Waals surface area (Å²) in [4.78, 5) is 0. The van der Waals surface area contributed by atoms with Gasteiger partial charge in [0, 0.05) is 13.1 Å². The number of nitrogens with two attached hydrogens (primary N) is 1. The quantitative estimate of drug-likeness (QED) is 0.570. The van der Waals surface area contributed by atoms with Crippen LogP contribution in [0, 0.1) is 0 Å². The highest BCUT2D eigenvalue weighted by Gasteiger charge is 2.23.